The van der Waals surface area contributed by atoms with Crippen molar-refractivity contribution >= 4 is 30.4 Å². The Labute approximate surface area is 135 Å². The third kappa shape index (κ3) is 8.11. The van der Waals surface area contributed by atoms with Crippen molar-refractivity contribution in [3.8, 4) is 0 Å². The van der Waals surface area contributed by atoms with Crippen molar-refractivity contribution in [2.24, 2.45) is 10.6 Å². The summed E-state index contributed by atoms with van der Waals surface area (Å²) in [4.78, 5) is 44.8. The summed E-state index contributed by atoms with van der Waals surface area (Å²) in [7, 11) is 0. The van der Waals surface area contributed by atoms with Gasteiger partial charge in [0.25, 0.3) is 0 Å². The maximum absolute atomic E-state index is 11.5. The number of nitrogens with zero attached hydrogens (tertiary/aromatic N) is 1. The number of thiol groups is 1. The number of hydrogen-bond donors (Lipinski definition) is 1. The highest BCUT2D eigenvalue weighted by Crippen LogP contribution is 2.27. The van der Waals surface area contributed by atoms with E-state index < -0.39 is 17.4 Å². The number of Topliss-reactive ketones (excluding diaryl/α,β-unsaturated/α-hetero) is 1. The Balaban J connectivity index is 4.96. The molecule has 0 aromatic carbocycles. The lowest BCUT2D eigenvalue weighted by molar-refractivity contribution is -0.153. The minimum absolute atomic E-state index is 0.0775. The second kappa shape index (κ2) is 11.2. The van der Waals surface area contributed by atoms with Crippen molar-refractivity contribution in [3.63, 3.8) is 0 Å². The summed E-state index contributed by atoms with van der Waals surface area (Å²) in [5, 5.41) is 2.86. The lowest BCUT2D eigenvalue weighted by atomic mass is 9.84. The fraction of sp³-hybridized carbons (Fsp3) is 0.786. The Morgan fingerprint density at radius 1 is 1.05 bits per heavy atom. The lowest BCUT2D eigenvalue weighted by Gasteiger charge is -2.30. The van der Waals surface area contributed by atoms with Crippen LogP contribution < -0.4 is 0 Å². The first-order valence-corrected chi connectivity index (χ1v) is 7.79. The van der Waals surface area contributed by atoms with E-state index in [0.717, 1.165) is 0 Å². The van der Waals surface area contributed by atoms with Crippen molar-refractivity contribution in [1.82, 2.24) is 0 Å². The van der Waals surface area contributed by atoms with Crippen LogP contribution in [0.25, 0.3) is 0 Å². The van der Waals surface area contributed by atoms with E-state index in [1.165, 1.54) is 0 Å². The Bertz CT molecular complexity index is 348. The first kappa shape index (κ1) is 20.6. The minimum Gasteiger partial charge on any atom is -0.465 e. The van der Waals surface area contributed by atoms with Gasteiger partial charge in [0, 0.05) is 25.0 Å². The van der Waals surface area contributed by atoms with E-state index in [1.54, 1.807) is 13.8 Å². The summed E-state index contributed by atoms with van der Waals surface area (Å²) < 4.78 is 10.2. The van der Waals surface area contributed by atoms with Gasteiger partial charge in [-0.1, -0.05) is 19.0 Å². The molecule has 126 valence electrons. The van der Waals surface area contributed by atoms with E-state index in [0.29, 0.717) is 0 Å². The Kier molecular flexibility index (Phi) is 10.4. The topological polar surface area (TPSA) is 99.1 Å². The molecule has 0 aliphatic carbocycles. The Hall–Kier alpha value is -1.44. The number of ketones is 1. The highest BCUT2D eigenvalue weighted by atomic mass is 32.1. The van der Waals surface area contributed by atoms with Crippen LogP contribution in [0.5, 0.6) is 0 Å². The molecule has 0 amide bonds. The highest BCUT2D eigenvalue weighted by molar-refractivity contribution is 7.81. The van der Waals surface area contributed by atoms with Crippen LogP contribution in [0.4, 0.5) is 0 Å². The van der Waals surface area contributed by atoms with Crippen LogP contribution in [0.3, 0.4) is 0 Å². The van der Waals surface area contributed by atoms with Gasteiger partial charge in [0.05, 0.1) is 12.0 Å². The summed E-state index contributed by atoms with van der Waals surface area (Å²) in [5.74, 6) is -0.897. The largest absolute Gasteiger partial charge is 0.465 e. The molecule has 0 aliphatic heterocycles. The van der Waals surface area contributed by atoms with E-state index in [9.17, 15) is 19.3 Å². The molecule has 0 heterocycles. The zero-order chi connectivity index (χ0) is 17.0. The summed E-state index contributed by atoms with van der Waals surface area (Å²) in [6, 6.07) is 0. The SMILES string of the molecule is CCC(=O)OCC(CCC(=O)CS)(CN=O)COC(=O)CC. The summed E-state index contributed by atoms with van der Waals surface area (Å²) in [6.45, 7) is 2.83. The van der Waals surface area contributed by atoms with E-state index >= 15 is 0 Å². The van der Waals surface area contributed by atoms with Crippen molar-refractivity contribution in [2.75, 3.05) is 25.5 Å². The van der Waals surface area contributed by atoms with Crippen LogP contribution in [-0.2, 0) is 23.9 Å². The van der Waals surface area contributed by atoms with Gasteiger partial charge in [-0.05, 0) is 6.42 Å². The maximum Gasteiger partial charge on any atom is 0.305 e. The molecule has 0 atom stereocenters. The van der Waals surface area contributed by atoms with Gasteiger partial charge in [0.1, 0.15) is 19.0 Å². The predicted octanol–water partition coefficient (Wildman–Crippen LogP) is 1.92. The van der Waals surface area contributed by atoms with Gasteiger partial charge >= 0.3 is 11.9 Å². The van der Waals surface area contributed by atoms with Gasteiger partial charge < -0.3 is 9.47 Å². The number of hydrogen-bond acceptors (Lipinski definition) is 8. The second-order valence-electron chi connectivity index (χ2n) is 5.01. The number of rotatable bonds is 12. The van der Waals surface area contributed by atoms with Gasteiger partial charge in [-0.2, -0.15) is 17.5 Å². The molecule has 0 spiro atoms. The normalized spacial score (nSPS) is 10.9. The number of carbonyl (C=O) groups excluding carboxylic acids is 3. The van der Waals surface area contributed by atoms with Crippen LogP contribution in [0.15, 0.2) is 5.18 Å². The first-order chi connectivity index (χ1) is 10.4. The molecule has 8 heteroatoms. The second-order valence-corrected chi connectivity index (χ2v) is 5.33. The molecule has 0 fully saturated rings. The van der Waals surface area contributed by atoms with E-state index in [-0.39, 0.29) is 57.0 Å². The van der Waals surface area contributed by atoms with Gasteiger partial charge in [-0.15, -0.1) is 0 Å². The molecule has 0 radical (unpaired) electrons. The fourth-order valence-corrected chi connectivity index (χ4v) is 1.81. The van der Waals surface area contributed by atoms with Crippen molar-refractivity contribution in [1.29, 1.82) is 0 Å². The zero-order valence-corrected chi connectivity index (χ0v) is 13.9. The molecular weight excluding hydrogens is 310 g/mol. The molecule has 0 rings (SSSR count). The third-order valence-corrected chi connectivity index (χ3v) is 3.52. The van der Waals surface area contributed by atoms with E-state index in [4.69, 9.17) is 9.47 Å². The third-order valence-electron chi connectivity index (χ3n) is 3.17. The monoisotopic (exact) mass is 333 g/mol. The van der Waals surface area contributed by atoms with Crippen molar-refractivity contribution < 1.29 is 23.9 Å². The molecule has 7 nitrogen and oxygen atoms in total. The molecule has 0 N–H and O–H groups in total. The Morgan fingerprint density at radius 3 is 1.91 bits per heavy atom. The van der Waals surface area contributed by atoms with Crippen LogP contribution in [0, 0.1) is 10.3 Å². The van der Waals surface area contributed by atoms with Gasteiger partial charge in [-0.25, -0.2) is 0 Å². The lowest BCUT2D eigenvalue weighted by Crippen LogP contribution is -2.38. The first-order valence-electron chi connectivity index (χ1n) is 7.16. The molecule has 0 bridgehead atoms. The molecule has 0 aromatic heterocycles. The maximum atomic E-state index is 11.5. The highest BCUT2D eigenvalue weighted by Gasteiger charge is 2.35. The summed E-state index contributed by atoms with van der Waals surface area (Å²) >= 11 is 3.89. The molecule has 22 heavy (non-hydrogen) atoms. The Morgan fingerprint density at radius 2 is 1.55 bits per heavy atom. The molecule has 0 saturated heterocycles. The average molecular weight is 333 g/mol. The number of nitroso groups, excluding NO2 is 1. The van der Waals surface area contributed by atoms with E-state index in [2.05, 4.69) is 17.8 Å². The standard InChI is InChI=1S/C14H23NO6S/c1-3-12(17)20-9-14(8-15-19,6-5-11(16)7-22)10-21-13(18)4-2/h22H,3-10H2,1-2H3. The molecule has 0 aliphatic rings. The number of ether oxygens (including phenoxy) is 2. The van der Waals surface area contributed by atoms with E-state index in [1.807, 2.05) is 0 Å². The molecule has 0 unspecified atom stereocenters. The number of esters is 2. The van der Waals surface area contributed by atoms with Gasteiger partial charge in [-0.3, -0.25) is 14.4 Å². The van der Waals surface area contributed by atoms with Crippen molar-refractivity contribution in [3.05, 3.63) is 4.91 Å². The van der Waals surface area contributed by atoms with Crippen LogP contribution in [0.1, 0.15) is 39.5 Å². The quantitative estimate of drug-likeness (QED) is 0.333. The van der Waals surface area contributed by atoms with Crippen LogP contribution >= 0.6 is 12.6 Å². The molecule has 0 aromatic rings. The molecular formula is C14H23NO6S. The van der Waals surface area contributed by atoms with Gasteiger partial charge in [0.15, 0.2) is 0 Å². The molecule has 0 saturated carbocycles. The minimum atomic E-state index is -0.976. The number of carbonyl (C=O) groups is 3. The summed E-state index contributed by atoms with van der Waals surface area (Å²) in [6.07, 6.45) is 0.752. The predicted molar refractivity (Wildman–Crippen MR) is 83.7 cm³/mol. The van der Waals surface area contributed by atoms with Crippen molar-refractivity contribution in [2.45, 2.75) is 39.5 Å². The average Bonchev–Trinajstić information content (AvgIpc) is 2.54. The zero-order valence-electron chi connectivity index (χ0n) is 13.0. The van der Waals surface area contributed by atoms with Crippen LogP contribution in [0.2, 0.25) is 0 Å². The summed E-state index contributed by atoms with van der Waals surface area (Å²) in [5.41, 5.74) is -0.976. The smallest absolute Gasteiger partial charge is 0.305 e. The van der Waals surface area contributed by atoms with Crippen LogP contribution in [-0.4, -0.2) is 43.2 Å². The van der Waals surface area contributed by atoms with Gasteiger partial charge in [0.2, 0.25) is 0 Å². The fourth-order valence-electron chi connectivity index (χ4n) is 1.65.